The molecule has 4 amide bonds. The van der Waals surface area contributed by atoms with Gasteiger partial charge in [-0.3, -0.25) is 19.2 Å². The quantitative estimate of drug-likeness (QED) is 0.0314. The van der Waals surface area contributed by atoms with Crippen LogP contribution in [-0.4, -0.2) is 216 Å². The third kappa shape index (κ3) is 18.3. The molecule has 3 aliphatic rings. The average Bonchev–Trinajstić information content (AvgIpc) is 3.69. The van der Waals surface area contributed by atoms with Crippen LogP contribution in [0.15, 0.2) is 0 Å². The minimum absolute atomic E-state index is 0.0168. The minimum atomic E-state index is -1.57. The number of carbonyl (C=O) groups excluding carboxylic acids is 4. The number of aliphatic hydroxyl groups is 8. The summed E-state index contributed by atoms with van der Waals surface area (Å²) in [4.78, 5) is 53.4. The maximum atomic E-state index is 13.3. The molecule has 3 aliphatic heterocycles. The van der Waals surface area contributed by atoms with Crippen molar-refractivity contribution in [3.63, 3.8) is 0 Å². The topological polar surface area (TPSA) is 325 Å². The van der Waals surface area contributed by atoms with Gasteiger partial charge >= 0.3 is 0 Å². The van der Waals surface area contributed by atoms with Crippen LogP contribution in [0.5, 0.6) is 0 Å². The van der Waals surface area contributed by atoms with Gasteiger partial charge in [-0.2, -0.15) is 0 Å². The monoisotopic (exact) mass is 910 g/mol. The number of ether oxygens (including phenoxy) is 6. The van der Waals surface area contributed by atoms with Crippen LogP contribution < -0.4 is 16.0 Å². The van der Waals surface area contributed by atoms with E-state index in [0.717, 1.165) is 6.42 Å². The van der Waals surface area contributed by atoms with Crippen molar-refractivity contribution >= 4 is 23.6 Å². The zero-order valence-corrected chi connectivity index (χ0v) is 36.7. The fourth-order valence-electron chi connectivity index (χ4n) is 7.67. The van der Waals surface area contributed by atoms with Gasteiger partial charge in [0.15, 0.2) is 12.6 Å². The van der Waals surface area contributed by atoms with Gasteiger partial charge in [0.05, 0.1) is 32.0 Å². The van der Waals surface area contributed by atoms with Crippen LogP contribution in [0.2, 0.25) is 0 Å². The van der Waals surface area contributed by atoms with Crippen LogP contribution in [0.1, 0.15) is 89.9 Å². The molecular weight excluding hydrogens is 836 g/mol. The van der Waals surface area contributed by atoms with Crippen molar-refractivity contribution < 1.29 is 88.5 Å². The van der Waals surface area contributed by atoms with Crippen molar-refractivity contribution in [2.45, 2.75) is 169 Å². The van der Waals surface area contributed by atoms with Gasteiger partial charge in [0.25, 0.3) is 0 Å². The van der Waals surface area contributed by atoms with E-state index in [4.69, 9.17) is 28.4 Å². The Kier molecular flexibility index (Phi) is 25.8. The number of carbonyl (C=O) groups is 4. The first-order valence-electron chi connectivity index (χ1n) is 22.2. The fourth-order valence-corrected chi connectivity index (χ4v) is 7.67. The van der Waals surface area contributed by atoms with Crippen molar-refractivity contribution in [2.24, 2.45) is 0 Å². The summed E-state index contributed by atoms with van der Waals surface area (Å²) in [5.41, 5.74) is 0. The van der Waals surface area contributed by atoms with Crippen LogP contribution in [0, 0.1) is 0 Å². The first-order valence-corrected chi connectivity index (χ1v) is 22.2. The summed E-state index contributed by atoms with van der Waals surface area (Å²) < 4.78 is 32.3. The van der Waals surface area contributed by atoms with Crippen LogP contribution in [0.25, 0.3) is 0 Å². The molecule has 0 aliphatic carbocycles. The molecule has 22 nitrogen and oxygen atoms in total. The lowest BCUT2D eigenvalue weighted by Crippen LogP contribution is -2.59. The molecule has 0 aromatic heterocycles. The average molecular weight is 911 g/mol. The number of amides is 4. The molecule has 0 radical (unpaired) electrons. The summed E-state index contributed by atoms with van der Waals surface area (Å²) in [6.45, 7) is 0.663. The summed E-state index contributed by atoms with van der Waals surface area (Å²) >= 11 is 0. The van der Waals surface area contributed by atoms with E-state index >= 15 is 0 Å². The molecule has 3 fully saturated rings. The van der Waals surface area contributed by atoms with Crippen molar-refractivity contribution in [1.29, 1.82) is 0 Å². The van der Waals surface area contributed by atoms with E-state index in [1.807, 2.05) is 4.90 Å². The Bertz CT molecular complexity index is 1330. The normalized spacial score (nSPS) is 30.2. The second-order valence-corrected chi connectivity index (χ2v) is 16.4. The second-order valence-electron chi connectivity index (χ2n) is 16.4. The highest BCUT2D eigenvalue weighted by Crippen LogP contribution is 2.24. The lowest BCUT2D eigenvalue weighted by Gasteiger charge is -2.39. The molecule has 3 heterocycles. The number of likely N-dealkylation sites (tertiary alicyclic amines) is 1. The van der Waals surface area contributed by atoms with E-state index in [9.17, 15) is 60.0 Å². The van der Waals surface area contributed by atoms with Gasteiger partial charge in [0, 0.05) is 66.3 Å². The number of nitrogens with one attached hydrogen (secondary N) is 3. The molecule has 0 spiro atoms. The number of rotatable bonds is 30. The Morgan fingerprint density at radius 1 is 0.651 bits per heavy atom. The predicted octanol–water partition coefficient (Wildman–Crippen LogP) is -3.33. The van der Waals surface area contributed by atoms with E-state index in [2.05, 4.69) is 16.0 Å². The van der Waals surface area contributed by atoms with Crippen molar-refractivity contribution in [3.8, 4) is 0 Å². The van der Waals surface area contributed by atoms with E-state index in [-0.39, 0.29) is 61.8 Å². The second kappa shape index (κ2) is 29.8. The van der Waals surface area contributed by atoms with Crippen molar-refractivity contribution in [2.75, 3.05) is 66.9 Å². The van der Waals surface area contributed by atoms with E-state index in [1.165, 1.54) is 0 Å². The lowest BCUT2D eigenvalue weighted by atomic mass is 9.99. The first kappa shape index (κ1) is 54.7. The molecule has 0 bridgehead atoms. The molecule has 13 atom stereocenters. The summed E-state index contributed by atoms with van der Waals surface area (Å²) in [5, 5.41) is 87.1. The van der Waals surface area contributed by atoms with Gasteiger partial charge < -0.3 is 90.1 Å². The highest BCUT2D eigenvalue weighted by molar-refractivity contribution is 5.87. The summed E-state index contributed by atoms with van der Waals surface area (Å²) in [5.74, 6) is -0.878. The van der Waals surface area contributed by atoms with Gasteiger partial charge in [-0.05, 0) is 64.2 Å². The molecular formula is C41H74N4O18. The standard InChI is InChI=1S/C41H74N4O18/c1-58-24-25-20-26(59-2)21-45(25)32(50)15-4-3-8-17-43-39(57)27(44-31(49)14-7-11-19-61-41-38(56)36(54)34(52)29(23-47)63-41)12-5-9-16-42-30(48)13-6-10-18-60-40-37(55)35(53)33(51)28(22-46)62-40/h25-29,33-38,40-41,46-47,51-56H,3-24H2,1-2H3,(H,42,48)(H,43,57)(H,44,49)/t25-,26+,27-,28?,29?,33?,34?,35?,36?,37?,38?,40?,41?/m0/s1. The lowest BCUT2D eigenvalue weighted by molar-refractivity contribution is -0.301. The zero-order chi connectivity index (χ0) is 46.3. The summed E-state index contributed by atoms with van der Waals surface area (Å²) in [6, 6.07) is -0.862. The molecule has 3 saturated heterocycles. The number of unbranched alkanes of at least 4 members (excludes halogenated alkanes) is 5. The van der Waals surface area contributed by atoms with Gasteiger partial charge in [-0.1, -0.05) is 6.42 Å². The van der Waals surface area contributed by atoms with Gasteiger partial charge in [-0.25, -0.2) is 0 Å². The molecule has 11 N–H and O–H groups in total. The third-order valence-corrected chi connectivity index (χ3v) is 11.5. The van der Waals surface area contributed by atoms with Crippen molar-refractivity contribution in [3.05, 3.63) is 0 Å². The maximum Gasteiger partial charge on any atom is 0.242 e. The summed E-state index contributed by atoms with van der Waals surface area (Å²) in [6.07, 6.45) is -7.55. The van der Waals surface area contributed by atoms with Gasteiger partial charge in [0.2, 0.25) is 23.6 Å². The Labute approximate surface area is 368 Å². The number of methoxy groups -OCH3 is 2. The first-order chi connectivity index (χ1) is 30.3. The number of hydrogen-bond donors (Lipinski definition) is 11. The highest BCUT2D eigenvalue weighted by Gasteiger charge is 2.45. The molecule has 0 saturated carbocycles. The molecule has 3 rings (SSSR count). The number of nitrogens with zero attached hydrogens (tertiary/aromatic N) is 1. The molecule has 0 aromatic rings. The van der Waals surface area contributed by atoms with Gasteiger partial charge in [-0.15, -0.1) is 0 Å². The van der Waals surface area contributed by atoms with Crippen LogP contribution in [0.4, 0.5) is 0 Å². The van der Waals surface area contributed by atoms with Crippen LogP contribution >= 0.6 is 0 Å². The number of hydrogen-bond acceptors (Lipinski definition) is 18. The summed E-state index contributed by atoms with van der Waals surface area (Å²) in [7, 11) is 3.24. The SMILES string of the molecule is COC[C@@H]1C[C@@H](OC)CN1C(=O)CCCCCNC(=O)[C@H](CCCCNC(=O)CCCCOC1OC(CO)C(O)C(O)C1O)NC(=O)CCCCOC1OC(CO)C(O)C(O)C1O. The third-order valence-electron chi connectivity index (χ3n) is 11.5. The van der Waals surface area contributed by atoms with Crippen LogP contribution in [0.3, 0.4) is 0 Å². The zero-order valence-electron chi connectivity index (χ0n) is 36.7. The maximum absolute atomic E-state index is 13.3. The largest absolute Gasteiger partial charge is 0.394 e. The molecule has 10 unspecified atom stereocenters. The fraction of sp³-hybridized carbons (Fsp3) is 0.902. The highest BCUT2D eigenvalue weighted by atomic mass is 16.7. The Hall–Kier alpha value is -2.68. The van der Waals surface area contributed by atoms with Gasteiger partial charge in [0.1, 0.15) is 54.9 Å². The van der Waals surface area contributed by atoms with E-state index < -0.39 is 80.7 Å². The minimum Gasteiger partial charge on any atom is -0.394 e. The predicted molar refractivity (Wildman–Crippen MR) is 220 cm³/mol. The van der Waals surface area contributed by atoms with Crippen molar-refractivity contribution in [1.82, 2.24) is 20.9 Å². The molecule has 366 valence electrons. The molecule has 0 aromatic carbocycles. The molecule has 63 heavy (non-hydrogen) atoms. The van der Waals surface area contributed by atoms with E-state index in [0.29, 0.717) is 96.9 Å². The molecule has 22 heteroatoms. The van der Waals surface area contributed by atoms with E-state index in [1.54, 1.807) is 14.2 Å². The Morgan fingerprint density at radius 2 is 1.19 bits per heavy atom. The number of aliphatic hydroxyl groups excluding tert-OH is 8. The Morgan fingerprint density at radius 3 is 1.75 bits per heavy atom. The Balaban J connectivity index is 1.37. The smallest absolute Gasteiger partial charge is 0.242 e. The van der Waals surface area contributed by atoms with Crippen LogP contribution in [-0.2, 0) is 47.6 Å².